The molecule has 4 rings (SSSR count). The predicted molar refractivity (Wildman–Crippen MR) is 94.0 cm³/mol. The molecule has 23 heavy (non-hydrogen) atoms. The Kier molecular flexibility index (Phi) is 2.99. The Balaban J connectivity index is 2.03. The molecule has 0 fully saturated rings. The smallest absolute Gasteiger partial charge is 0.150 e. The van der Waals surface area contributed by atoms with Crippen LogP contribution in [0.5, 0.6) is 0 Å². The highest BCUT2D eigenvalue weighted by molar-refractivity contribution is 5.83. The molecule has 0 amide bonds. The van der Waals surface area contributed by atoms with Crippen LogP contribution in [0.25, 0.3) is 11.1 Å². The van der Waals surface area contributed by atoms with Crippen molar-refractivity contribution in [3.8, 4) is 11.1 Å². The molecule has 0 saturated carbocycles. The van der Waals surface area contributed by atoms with E-state index in [-0.39, 0.29) is 5.41 Å². The van der Waals surface area contributed by atoms with Crippen molar-refractivity contribution in [1.29, 1.82) is 0 Å². The summed E-state index contributed by atoms with van der Waals surface area (Å²) in [6, 6.07) is 23.3. The number of aryl methyl sites for hydroxylation is 1. The Labute approximate surface area is 136 Å². The summed E-state index contributed by atoms with van der Waals surface area (Å²) < 4.78 is 0. The number of benzene rings is 3. The Morgan fingerprint density at radius 1 is 0.826 bits per heavy atom. The van der Waals surface area contributed by atoms with E-state index in [1.807, 2.05) is 12.1 Å². The molecule has 0 spiro atoms. The monoisotopic (exact) mass is 298 g/mol. The largest absolute Gasteiger partial charge is 0.298 e. The van der Waals surface area contributed by atoms with Crippen LogP contribution in [0.2, 0.25) is 0 Å². The van der Waals surface area contributed by atoms with Crippen molar-refractivity contribution in [2.45, 2.75) is 19.3 Å². The van der Waals surface area contributed by atoms with Gasteiger partial charge >= 0.3 is 0 Å². The Hall–Kier alpha value is -2.67. The lowest BCUT2D eigenvalue weighted by atomic mass is 9.74. The van der Waals surface area contributed by atoms with Crippen LogP contribution in [0.4, 0.5) is 0 Å². The minimum atomic E-state index is -0.181. The van der Waals surface area contributed by atoms with Crippen LogP contribution in [-0.2, 0) is 5.41 Å². The number of fused-ring (bicyclic) bond motifs is 3. The zero-order valence-electron chi connectivity index (χ0n) is 13.3. The minimum absolute atomic E-state index is 0.181. The highest BCUT2D eigenvalue weighted by Gasteiger charge is 2.40. The second-order valence-corrected chi connectivity index (χ2v) is 6.46. The van der Waals surface area contributed by atoms with Gasteiger partial charge in [-0.15, -0.1) is 0 Å². The summed E-state index contributed by atoms with van der Waals surface area (Å²) >= 11 is 0. The van der Waals surface area contributed by atoms with Crippen molar-refractivity contribution in [2.24, 2.45) is 0 Å². The molecule has 0 saturated heterocycles. The average molecular weight is 298 g/mol. The molecular weight excluding hydrogens is 280 g/mol. The number of rotatable bonds is 2. The SMILES string of the molecule is Cc1ccc2c(c1)C(C)(c1ccc(C=O)cc1)c1ccccc1-2. The summed E-state index contributed by atoms with van der Waals surface area (Å²) in [5.41, 5.74) is 8.33. The van der Waals surface area contributed by atoms with Gasteiger partial charge in [0.25, 0.3) is 0 Å². The topological polar surface area (TPSA) is 17.1 Å². The molecule has 0 bridgehead atoms. The van der Waals surface area contributed by atoms with Crippen molar-refractivity contribution in [2.75, 3.05) is 0 Å². The van der Waals surface area contributed by atoms with E-state index in [1.165, 1.54) is 33.4 Å². The molecule has 1 aliphatic carbocycles. The van der Waals surface area contributed by atoms with Crippen LogP contribution in [0.1, 0.15) is 39.5 Å². The van der Waals surface area contributed by atoms with Crippen molar-refractivity contribution >= 4 is 6.29 Å². The second kappa shape index (κ2) is 4.92. The lowest BCUT2D eigenvalue weighted by molar-refractivity contribution is 0.112. The van der Waals surface area contributed by atoms with Crippen molar-refractivity contribution in [1.82, 2.24) is 0 Å². The van der Waals surface area contributed by atoms with Gasteiger partial charge in [-0.2, -0.15) is 0 Å². The first kappa shape index (κ1) is 14.0. The molecule has 0 heterocycles. The maximum absolute atomic E-state index is 11.0. The summed E-state index contributed by atoms with van der Waals surface area (Å²) in [6.07, 6.45) is 0.896. The summed E-state index contributed by atoms with van der Waals surface area (Å²) in [6.45, 7) is 4.42. The van der Waals surface area contributed by atoms with E-state index in [9.17, 15) is 4.79 Å². The first-order valence-corrected chi connectivity index (χ1v) is 7.91. The van der Waals surface area contributed by atoms with Gasteiger partial charge in [0.15, 0.2) is 0 Å². The molecule has 1 aliphatic rings. The van der Waals surface area contributed by atoms with E-state index in [4.69, 9.17) is 0 Å². The summed E-state index contributed by atoms with van der Waals surface area (Å²) in [7, 11) is 0. The van der Waals surface area contributed by atoms with Crippen LogP contribution in [-0.4, -0.2) is 6.29 Å². The summed E-state index contributed by atoms with van der Waals surface area (Å²) in [5, 5.41) is 0. The highest BCUT2D eigenvalue weighted by Crippen LogP contribution is 2.52. The van der Waals surface area contributed by atoms with Crippen LogP contribution < -0.4 is 0 Å². The van der Waals surface area contributed by atoms with Gasteiger partial charge in [-0.1, -0.05) is 72.3 Å². The van der Waals surface area contributed by atoms with Gasteiger partial charge in [0.05, 0.1) is 0 Å². The van der Waals surface area contributed by atoms with E-state index < -0.39 is 0 Å². The van der Waals surface area contributed by atoms with Gasteiger partial charge < -0.3 is 0 Å². The first-order valence-electron chi connectivity index (χ1n) is 7.91. The van der Waals surface area contributed by atoms with Gasteiger partial charge in [-0.3, -0.25) is 4.79 Å². The molecule has 1 unspecified atom stereocenters. The van der Waals surface area contributed by atoms with Crippen molar-refractivity contribution in [3.63, 3.8) is 0 Å². The summed E-state index contributed by atoms with van der Waals surface area (Å²) in [4.78, 5) is 11.0. The van der Waals surface area contributed by atoms with Crippen LogP contribution in [0.3, 0.4) is 0 Å². The zero-order chi connectivity index (χ0) is 16.0. The van der Waals surface area contributed by atoms with Crippen LogP contribution >= 0.6 is 0 Å². The first-order chi connectivity index (χ1) is 11.1. The molecule has 3 aromatic rings. The highest BCUT2D eigenvalue weighted by atomic mass is 16.1. The maximum atomic E-state index is 11.0. The van der Waals surface area contributed by atoms with Gasteiger partial charge in [-0.25, -0.2) is 0 Å². The van der Waals surface area contributed by atoms with Crippen LogP contribution in [0.15, 0.2) is 66.7 Å². The molecular formula is C22H18O. The number of carbonyl (C=O) groups excluding carboxylic acids is 1. The fourth-order valence-corrected chi connectivity index (χ4v) is 3.81. The second-order valence-electron chi connectivity index (χ2n) is 6.46. The standard InChI is InChI=1S/C22H18O/c1-15-7-12-19-18-5-3-4-6-20(18)22(2,21(19)13-15)17-10-8-16(14-23)9-11-17/h3-14H,1-2H3. The fourth-order valence-electron chi connectivity index (χ4n) is 3.81. The normalized spacial score (nSPS) is 18.3. The maximum Gasteiger partial charge on any atom is 0.150 e. The third kappa shape index (κ3) is 1.90. The van der Waals surface area contributed by atoms with Crippen molar-refractivity contribution in [3.05, 3.63) is 94.5 Å². The van der Waals surface area contributed by atoms with E-state index in [2.05, 4.69) is 68.4 Å². The molecule has 1 heteroatoms. The number of carbonyl (C=O) groups is 1. The fraction of sp³-hybridized carbons (Fsp3) is 0.136. The van der Waals surface area contributed by atoms with E-state index in [0.29, 0.717) is 5.56 Å². The van der Waals surface area contributed by atoms with E-state index >= 15 is 0 Å². The number of aldehydes is 1. The predicted octanol–water partition coefficient (Wildman–Crippen LogP) is 5.14. The molecule has 0 aliphatic heterocycles. The zero-order valence-corrected chi connectivity index (χ0v) is 13.3. The Morgan fingerprint density at radius 2 is 1.52 bits per heavy atom. The number of hydrogen-bond acceptors (Lipinski definition) is 1. The number of hydrogen-bond donors (Lipinski definition) is 0. The third-order valence-corrected chi connectivity index (χ3v) is 5.09. The molecule has 112 valence electrons. The minimum Gasteiger partial charge on any atom is -0.298 e. The third-order valence-electron chi connectivity index (χ3n) is 5.09. The van der Waals surface area contributed by atoms with E-state index in [1.54, 1.807) is 0 Å². The molecule has 3 aromatic carbocycles. The molecule has 0 aromatic heterocycles. The van der Waals surface area contributed by atoms with Gasteiger partial charge in [0.1, 0.15) is 6.29 Å². The average Bonchev–Trinajstić information content (AvgIpc) is 2.85. The Bertz CT molecular complexity index is 906. The van der Waals surface area contributed by atoms with Gasteiger partial charge in [0.2, 0.25) is 0 Å². The van der Waals surface area contributed by atoms with Crippen molar-refractivity contribution < 1.29 is 4.79 Å². The molecule has 0 N–H and O–H groups in total. The van der Waals surface area contributed by atoms with E-state index in [0.717, 1.165) is 6.29 Å². The molecule has 1 nitrogen and oxygen atoms in total. The summed E-state index contributed by atoms with van der Waals surface area (Å²) in [5.74, 6) is 0. The van der Waals surface area contributed by atoms with Gasteiger partial charge in [-0.05, 0) is 41.7 Å². The Morgan fingerprint density at radius 3 is 2.26 bits per heavy atom. The van der Waals surface area contributed by atoms with Crippen LogP contribution in [0, 0.1) is 6.92 Å². The lowest BCUT2D eigenvalue weighted by Gasteiger charge is -2.28. The molecule has 0 radical (unpaired) electrons. The lowest BCUT2D eigenvalue weighted by Crippen LogP contribution is -2.22. The quantitative estimate of drug-likeness (QED) is 0.598. The van der Waals surface area contributed by atoms with Gasteiger partial charge in [0, 0.05) is 11.0 Å². The molecule has 1 atom stereocenters.